The van der Waals surface area contributed by atoms with E-state index < -0.39 is 27.3 Å². The molecule has 6 heteroatoms. The predicted octanol–water partition coefficient (Wildman–Crippen LogP) is 5.38. The number of benzene rings is 2. The monoisotopic (exact) mass is 459 g/mol. The molecule has 2 atom stereocenters. The molecule has 2 N–H and O–H groups in total. The van der Waals surface area contributed by atoms with Crippen LogP contribution in [0.15, 0.2) is 47.4 Å². The summed E-state index contributed by atoms with van der Waals surface area (Å²) in [6.07, 6.45) is 4.26. The van der Waals surface area contributed by atoms with Crippen molar-refractivity contribution in [2.24, 2.45) is 5.41 Å². The van der Waals surface area contributed by atoms with Gasteiger partial charge in [-0.25, -0.2) is 8.42 Å². The number of aliphatic hydroxyl groups is 1. The summed E-state index contributed by atoms with van der Waals surface area (Å²) in [5, 5.41) is 15.2. The van der Waals surface area contributed by atoms with Gasteiger partial charge in [-0.15, -0.1) is 0 Å². The summed E-state index contributed by atoms with van der Waals surface area (Å²) in [6.45, 7) is 4.22. The Morgan fingerprint density at radius 1 is 1.09 bits per heavy atom. The molecular weight excluding hydrogens is 422 g/mol. The maximum absolute atomic E-state index is 13.7. The smallest absolute Gasteiger partial charge is 0.179 e. The van der Waals surface area contributed by atoms with Gasteiger partial charge in [-0.2, -0.15) is 0 Å². The highest BCUT2D eigenvalue weighted by molar-refractivity contribution is 7.91. The van der Waals surface area contributed by atoms with Gasteiger partial charge >= 0.3 is 0 Å². The fourth-order valence-electron chi connectivity index (χ4n) is 5.12. The van der Waals surface area contributed by atoms with Crippen LogP contribution in [0.2, 0.25) is 0 Å². The molecule has 0 fully saturated rings. The molecule has 5 nitrogen and oxygen atoms in total. The van der Waals surface area contributed by atoms with Gasteiger partial charge in [-0.1, -0.05) is 51.7 Å². The molecule has 0 spiro atoms. The van der Waals surface area contributed by atoms with E-state index in [2.05, 4.69) is 19.2 Å². The number of hydrogen-bond acceptors (Lipinski definition) is 5. The number of nitrogens with one attached hydrogen (secondary N) is 1. The molecule has 32 heavy (non-hydrogen) atoms. The summed E-state index contributed by atoms with van der Waals surface area (Å²) in [4.78, 5) is 0.332. The van der Waals surface area contributed by atoms with E-state index in [4.69, 9.17) is 4.74 Å². The van der Waals surface area contributed by atoms with Gasteiger partial charge in [0.1, 0.15) is 5.75 Å². The SMILES string of the molecule is CCCCC1(CCCC)CS(=O)(=O)c2ccc(NC)cc2[C@@H](c2cccc(OC)c2)[C@H]1O. The predicted molar refractivity (Wildman–Crippen MR) is 130 cm³/mol. The largest absolute Gasteiger partial charge is 0.497 e. The molecule has 2 aromatic rings. The van der Waals surface area contributed by atoms with Crippen molar-refractivity contribution in [3.63, 3.8) is 0 Å². The van der Waals surface area contributed by atoms with Crippen LogP contribution < -0.4 is 10.1 Å². The molecule has 176 valence electrons. The first kappa shape index (κ1) is 24.6. The molecular formula is C26H37NO4S. The maximum Gasteiger partial charge on any atom is 0.179 e. The first-order valence-electron chi connectivity index (χ1n) is 11.7. The molecule has 0 unspecified atom stereocenters. The number of rotatable bonds is 9. The minimum atomic E-state index is -3.58. The number of methoxy groups -OCH3 is 1. The highest BCUT2D eigenvalue weighted by atomic mass is 32.2. The topological polar surface area (TPSA) is 75.6 Å². The number of ether oxygens (including phenoxy) is 1. The van der Waals surface area contributed by atoms with E-state index in [0.717, 1.165) is 36.9 Å². The van der Waals surface area contributed by atoms with Gasteiger partial charge in [-0.05, 0) is 54.3 Å². The molecule has 1 heterocycles. The van der Waals surface area contributed by atoms with Crippen molar-refractivity contribution >= 4 is 15.5 Å². The van der Waals surface area contributed by atoms with Crippen LogP contribution in [0.1, 0.15) is 69.4 Å². The molecule has 0 aliphatic carbocycles. The van der Waals surface area contributed by atoms with E-state index in [-0.39, 0.29) is 5.75 Å². The third-order valence-corrected chi connectivity index (χ3v) is 8.90. The van der Waals surface area contributed by atoms with Crippen molar-refractivity contribution in [1.82, 2.24) is 0 Å². The summed E-state index contributed by atoms with van der Waals surface area (Å²) in [6, 6.07) is 13.1. The normalized spacial score (nSPS) is 21.4. The van der Waals surface area contributed by atoms with Crippen molar-refractivity contribution in [1.29, 1.82) is 0 Å². The van der Waals surface area contributed by atoms with Crippen LogP contribution in [0.4, 0.5) is 5.69 Å². The van der Waals surface area contributed by atoms with E-state index in [1.54, 1.807) is 19.2 Å². The van der Waals surface area contributed by atoms with Crippen LogP contribution in [0.3, 0.4) is 0 Å². The minimum absolute atomic E-state index is 0.0203. The lowest BCUT2D eigenvalue weighted by molar-refractivity contribution is 0.0127. The Bertz CT molecular complexity index is 1010. The summed E-state index contributed by atoms with van der Waals surface area (Å²) >= 11 is 0. The molecule has 0 bridgehead atoms. The Kier molecular flexibility index (Phi) is 7.88. The summed E-state index contributed by atoms with van der Waals surface area (Å²) < 4.78 is 32.9. The van der Waals surface area contributed by atoms with Crippen LogP contribution in [-0.4, -0.2) is 39.5 Å². The Hall–Kier alpha value is -2.05. The second-order valence-corrected chi connectivity index (χ2v) is 11.0. The highest BCUT2D eigenvalue weighted by Gasteiger charge is 2.49. The second-order valence-electron chi connectivity index (χ2n) is 9.03. The number of hydrogen-bond donors (Lipinski definition) is 2. The zero-order valence-electron chi connectivity index (χ0n) is 19.7. The number of anilines is 1. The third kappa shape index (κ3) is 4.81. The fraction of sp³-hybridized carbons (Fsp3) is 0.538. The third-order valence-electron chi connectivity index (χ3n) is 6.90. The van der Waals surface area contributed by atoms with Gasteiger partial charge in [0.25, 0.3) is 0 Å². The lowest BCUT2D eigenvalue weighted by Gasteiger charge is -2.40. The van der Waals surface area contributed by atoms with E-state index >= 15 is 0 Å². The van der Waals surface area contributed by atoms with E-state index in [0.29, 0.717) is 29.1 Å². The molecule has 0 amide bonds. The Morgan fingerprint density at radius 2 is 1.78 bits per heavy atom. The van der Waals surface area contributed by atoms with Crippen LogP contribution in [0, 0.1) is 5.41 Å². The molecule has 0 radical (unpaired) electrons. The highest BCUT2D eigenvalue weighted by Crippen LogP contribution is 2.50. The molecule has 2 aromatic carbocycles. The Balaban J connectivity index is 2.30. The Morgan fingerprint density at radius 3 is 2.38 bits per heavy atom. The van der Waals surface area contributed by atoms with Crippen LogP contribution >= 0.6 is 0 Å². The van der Waals surface area contributed by atoms with E-state index in [9.17, 15) is 13.5 Å². The van der Waals surface area contributed by atoms with Crippen molar-refractivity contribution in [3.05, 3.63) is 53.6 Å². The van der Waals surface area contributed by atoms with Gasteiger partial charge in [0.05, 0.1) is 23.9 Å². The van der Waals surface area contributed by atoms with Crippen LogP contribution in [-0.2, 0) is 9.84 Å². The quantitative estimate of drug-likeness (QED) is 0.526. The molecule has 1 aliphatic rings. The lowest BCUT2D eigenvalue weighted by Crippen LogP contribution is -2.43. The number of sulfone groups is 1. The van der Waals surface area contributed by atoms with Crippen molar-refractivity contribution in [2.75, 3.05) is 25.2 Å². The Labute approximate surface area is 193 Å². The van der Waals surface area contributed by atoms with Gasteiger partial charge < -0.3 is 15.2 Å². The first-order chi connectivity index (χ1) is 15.3. The standard InChI is InChI=1S/C26H37NO4S/c1-5-7-14-26(15-8-6-2)18-32(29,30)23-13-12-20(27-3)17-22(23)24(25(26)28)19-10-9-11-21(16-19)31-4/h9-13,16-17,24-25,27-28H,5-8,14-15,18H2,1-4H3/t24-,25-/m1/s1. The molecule has 0 aromatic heterocycles. The zero-order chi connectivity index (χ0) is 23.4. The number of fused-ring (bicyclic) bond motifs is 1. The van der Waals surface area contributed by atoms with E-state index in [1.165, 1.54) is 0 Å². The summed E-state index contributed by atoms with van der Waals surface area (Å²) in [7, 11) is -0.146. The van der Waals surface area contributed by atoms with Gasteiger partial charge in [0.2, 0.25) is 0 Å². The summed E-state index contributed by atoms with van der Waals surface area (Å²) in [5.41, 5.74) is 1.67. The fourth-order valence-corrected chi connectivity index (χ4v) is 7.31. The average molecular weight is 460 g/mol. The van der Waals surface area contributed by atoms with Gasteiger partial charge in [-0.3, -0.25) is 0 Å². The van der Waals surface area contributed by atoms with Crippen LogP contribution in [0.5, 0.6) is 5.75 Å². The van der Waals surface area contributed by atoms with Crippen molar-refractivity contribution in [3.8, 4) is 5.75 Å². The zero-order valence-corrected chi connectivity index (χ0v) is 20.5. The average Bonchev–Trinajstić information content (AvgIpc) is 2.87. The number of unbranched alkanes of at least 4 members (excludes halogenated alkanes) is 2. The van der Waals surface area contributed by atoms with Crippen molar-refractivity contribution in [2.45, 2.75) is 69.3 Å². The molecule has 0 saturated heterocycles. The minimum Gasteiger partial charge on any atom is -0.497 e. The number of aliphatic hydroxyl groups excluding tert-OH is 1. The van der Waals surface area contributed by atoms with Gasteiger partial charge in [0.15, 0.2) is 9.84 Å². The first-order valence-corrected chi connectivity index (χ1v) is 13.3. The molecule has 3 rings (SSSR count). The second kappa shape index (κ2) is 10.3. The summed E-state index contributed by atoms with van der Waals surface area (Å²) in [5.74, 6) is 0.216. The van der Waals surface area contributed by atoms with Crippen LogP contribution in [0.25, 0.3) is 0 Å². The van der Waals surface area contributed by atoms with Crippen molar-refractivity contribution < 1.29 is 18.3 Å². The lowest BCUT2D eigenvalue weighted by atomic mass is 9.68. The maximum atomic E-state index is 13.7. The molecule has 1 aliphatic heterocycles. The van der Waals surface area contributed by atoms with E-state index in [1.807, 2.05) is 37.4 Å². The molecule has 0 saturated carbocycles. The van der Waals surface area contributed by atoms with Gasteiger partial charge in [0, 0.05) is 24.1 Å².